The number of hydrogen-bond acceptors (Lipinski definition) is 4. The molecule has 1 heterocycles. The number of nitrogens with one attached hydrogen (secondary N) is 1. The molecular weight excluding hydrogens is 262 g/mol. The monoisotopic (exact) mass is 283 g/mol. The van der Waals surface area contributed by atoms with E-state index in [0.717, 1.165) is 0 Å². The summed E-state index contributed by atoms with van der Waals surface area (Å²) in [5.74, 6) is -2.52. The molecule has 1 aliphatic heterocycles. The minimum Gasteiger partial charge on any atom is -0.481 e. The number of carbonyl (C=O) groups is 2. The molecule has 2 aliphatic rings. The molecule has 6 heteroatoms. The number of carboxylic acid groups (broad SMARTS) is 1. The lowest BCUT2D eigenvalue weighted by molar-refractivity contribution is -0.147. The van der Waals surface area contributed by atoms with E-state index >= 15 is 0 Å². The van der Waals surface area contributed by atoms with E-state index in [-0.39, 0.29) is 18.6 Å². The Hall–Kier alpha value is -1.40. The highest BCUT2D eigenvalue weighted by atomic mass is 16.5. The van der Waals surface area contributed by atoms with E-state index in [0.29, 0.717) is 25.9 Å². The standard InChI is InChI=1S/C14H21NO5/c1-9-14(19,6-7-20-9)8-15-12(16)10-4-2-3-5-11(10)13(17)18/h2-3,9-11,19H,4-8H2,1H3,(H,15,16)(H,17,18)/t9?,10-,11+,14?/m1/s1. The number of rotatable bonds is 4. The van der Waals surface area contributed by atoms with Crippen molar-refractivity contribution in [2.75, 3.05) is 13.2 Å². The van der Waals surface area contributed by atoms with E-state index in [2.05, 4.69) is 5.32 Å². The summed E-state index contributed by atoms with van der Waals surface area (Å²) in [6, 6.07) is 0. The first-order valence-electron chi connectivity index (χ1n) is 6.93. The van der Waals surface area contributed by atoms with Gasteiger partial charge >= 0.3 is 5.97 Å². The average Bonchev–Trinajstić information content (AvgIpc) is 2.76. The molecule has 2 unspecified atom stereocenters. The van der Waals surface area contributed by atoms with Crippen LogP contribution in [0.5, 0.6) is 0 Å². The molecule has 112 valence electrons. The van der Waals surface area contributed by atoms with Gasteiger partial charge in [0.05, 0.1) is 17.9 Å². The molecule has 2 rings (SSSR count). The molecule has 4 atom stereocenters. The molecule has 0 radical (unpaired) electrons. The Bertz CT molecular complexity index is 422. The molecule has 20 heavy (non-hydrogen) atoms. The van der Waals surface area contributed by atoms with Crippen LogP contribution >= 0.6 is 0 Å². The van der Waals surface area contributed by atoms with Gasteiger partial charge in [-0.1, -0.05) is 12.2 Å². The quantitative estimate of drug-likeness (QED) is 0.645. The molecule has 1 aliphatic carbocycles. The van der Waals surface area contributed by atoms with Crippen LogP contribution in [0, 0.1) is 11.8 Å². The molecule has 3 N–H and O–H groups in total. The molecule has 0 saturated carbocycles. The zero-order valence-corrected chi connectivity index (χ0v) is 11.5. The normalized spacial score (nSPS) is 36.8. The van der Waals surface area contributed by atoms with Crippen molar-refractivity contribution in [1.29, 1.82) is 0 Å². The van der Waals surface area contributed by atoms with Crippen molar-refractivity contribution in [3.8, 4) is 0 Å². The van der Waals surface area contributed by atoms with Crippen LogP contribution in [-0.4, -0.2) is 46.9 Å². The first kappa shape index (κ1) is 15.0. The lowest BCUT2D eigenvalue weighted by atomic mass is 9.82. The zero-order chi connectivity index (χ0) is 14.8. The van der Waals surface area contributed by atoms with Crippen LogP contribution < -0.4 is 5.32 Å². The lowest BCUT2D eigenvalue weighted by Crippen LogP contribution is -2.50. The number of hydrogen-bond donors (Lipinski definition) is 3. The molecule has 0 aromatic carbocycles. The minimum atomic E-state index is -1.06. The van der Waals surface area contributed by atoms with E-state index in [9.17, 15) is 14.7 Å². The molecule has 0 aromatic rings. The van der Waals surface area contributed by atoms with Crippen LogP contribution in [0.25, 0.3) is 0 Å². The maximum absolute atomic E-state index is 12.2. The Morgan fingerprint density at radius 1 is 1.35 bits per heavy atom. The highest BCUT2D eigenvalue weighted by Crippen LogP contribution is 2.28. The largest absolute Gasteiger partial charge is 0.481 e. The molecule has 6 nitrogen and oxygen atoms in total. The summed E-state index contributed by atoms with van der Waals surface area (Å²) >= 11 is 0. The van der Waals surface area contributed by atoms with Gasteiger partial charge in [-0.25, -0.2) is 0 Å². The molecule has 0 bridgehead atoms. The van der Waals surface area contributed by atoms with Crippen molar-refractivity contribution in [1.82, 2.24) is 5.32 Å². The molecule has 0 spiro atoms. The van der Waals surface area contributed by atoms with Gasteiger partial charge in [0.15, 0.2) is 0 Å². The number of carboxylic acids is 1. The Balaban J connectivity index is 1.94. The van der Waals surface area contributed by atoms with E-state index in [4.69, 9.17) is 9.84 Å². The van der Waals surface area contributed by atoms with E-state index < -0.39 is 23.4 Å². The molecule has 0 aromatic heterocycles. The van der Waals surface area contributed by atoms with Gasteiger partial charge in [0.2, 0.25) is 5.91 Å². The Morgan fingerprint density at radius 3 is 2.55 bits per heavy atom. The highest BCUT2D eigenvalue weighted by molar-refractivity contribution is 5.85. The number of allylic oxidation sites excluding steroid dienone is 2. The Kier molecular flexibility index (Phi) is 4.45. The van der Waals surface area contributed by atoms with Gasteiger partial charge in [-0.2, -0.15) is 0 Å². The predicted octanol–water partition coefficient (Wildman–Crippen LogP) is 0.309. The summed E-state index contributed by atoms with van der Waals surface area (Å²) in [6.07, 6.45) is 4.57. The molecule has 1 amide bonds. The third-order valence-electron chi connectivity index (χ3n) is 4.31. The molecular formula is C14H21NO5. The highest BCUT2D eigenvalue weighted by Gasteiger charge is 2.41. The van der Waals surface area contributed by atoms with Crippen LogP contribution in [0.1, 0.15) is 26.2 Å². The Labute approximate surface area is 117 Å². The lowest BCUT2D eigenvalue weighted by Gasteiger charge is -2.29. The first-order chi connectivity index (χ1) is 9.44. The number of aliphatic hydroxyl groups is 1. The molecule has 1 fully saturated rings. The third-order valence-corrected chi connectivity index (χ3v) is 4.31. The van der Waals surface area contributed by atoms with E-state index in [1.807, 2.05) is 6.08 Å². The Morgan fingerprint density at radius 2 is 2.00 bits per heavy atom. The summed E-state index contributed by atoms with van der Waals surface area (Å²) in [7, 11) is 0. The first-order valence-corrected chi connectivity index (χ1v) is 6.93. The minimum absolute atomic E-state index is 0.0968. The van der Waals surface area contributed by atoms with Gasteiger partial charge < -0.3 is 20.3 Å². The van der Waals surface area contributed by atoms with Gasteiger partial charge in [-0.05, 0) is 19.8 Å². The van der Waals surface area contributed by atoms with Crippen molar-refractivity contribution in [3.05, 3.63) is 12.2 Å². The van der Waals surface area contributed by atoms with Crippen molar-refractivity contribution in [2.45, 2.75) is 37.9 Å². The van der Waals surface area contributed by atoms with Crippen molar-refractivity contribution < 1.29 is 24.5 Å². The third kappa shape index (κ3) is 3.02. The summed E-state index contributed by atoms with van der Waals surface area (Å²) < 4.78 is 5.30. The summed E-state index contributed by atoms with van der Waals surface area (Å²) in [6.45, 7) is 2.33. The summed E-state index contributed by atoms with van der Waals surface area (Å²) in [4.78, 5) is 23.3. The van der Waals surface area contributed by atoms with Crippen LogP contribution in [0.2, 0.25) is 0 Å². The van der Waals surface area contributed by atoms with Crippen molar-refractivity contribution in [3.63, 3.8) is 0 Å². The summed E-state index contributed by atoms with van der Waals surface area (Å²) in [5, 5.41) is 22.1. The second kappa shape index (κ2) is 5.93. The number of aliphatic carboxylic acids is 1. The fraction of sp³-hybridized carbons (Fsp3) is 0.714. The van der Waals surface area contributed by atoms with Crippen molar-refractivity contribution in [2.24, 2.45) is 11.8 Å². The number of ether oxygens (including phenoxy) is 1. The summed E-state index contributed by atoms with van der Waals surface area (Å²) in [5.41, 5.74) is -1.06. The van der Waals surface area contributed by atoms with Gasteiger partial charge in [-0.3, -0.25) is 9.59 Å². The predicted molar refractivity (Wildman–Crippen MR) is 71.0 cm³/mol. The maximum Gasteiger partial charge on any atom is 0.307 e. The van der Waals surface area contributed by atoms with E-state index in [1.165, 1.54) is 0 Å². The van der Waals surface area contributed by atoms with Gasteiger partial charge in [0.25, 0.3) is 0 Å². The average molecular weight is 283 g/mol. The van der Waals surface area contributed by atoms with Crippen LogP contribution in [0.3, 0.4) is 0 Å². The molecule has 1 saturated heterocycles. The van der Waals surface area contributed by atoms with Gasteiger partial charge in [0.1, 0.15) is 5.60 Å². The number of amides is 1. The van der Waals surface area contributed by atoms with Crippen molar-refractivity contribution >= 4 is 11.9 Å². The number of carbonyl (C=O) groups excluding carboxylic acids is 1. The van der Waals surface area contributed by atoms with Gasteiger partial charge in [0, 0.05) is 19.6 Å². The second-order valence-electron chi connectivity index (χ2n) is 5.58. The van der Waals surface area contributed by atoms with Crippen LogP contribution in [0.15, 0.2) is 12.2 Å². The topological polar surface area (TPSA) is 95.9 Å². The SMILES string of the molecule is CC1OCCC1(O)CNC(=O)[C@@H]1CC=CC[C@@H]1C(=O)O. The fourth-order valence-corrected chi connectivity index (χ4v) is 2.75. The van der Waals surface area contributed by atoms with Crippen LogP contribution in [-0.2, 0) is 14.3 Å². The maximum atomic E-state index is 12.2. The van der Waals surface area contributed by atoms with E-state index in [1.54, 1.807) is 13.0 Å². The second-order valence-corrected chi connectivity index (χ2v) is 5.58. The van der Waals surface area contributed by atoms with Gasteiger partial charge in [-0.15, -0.1) is 0 Å². The van der Waals surface area contributed by atoms with Crippen LogP contribution in [0.4, 0.5) is 0 Å². The smallest absolute Gasteiger partial charge is 0.307 e. The zero-order valence-electron chi connectivity index (χ0n) is 11.5. The fourth-order valence-electron chi connectivity index (χ4n) is 2.75.